The first kappa shape index (κ1) is 14.1. The van der Waals surface area contributed by atoms with Crippen LogP contribution in [0.25, 0.3) is 0 Å². The fourth-order valence-corrected chi connectivity index (χ4v) is 6.16. The zero-order valence-electron chi connectivity index (χ0n) is 13.4. The largest absolute Gasteiger partial charge is 0.496 e. The van der Waals surface area contributed by atoms with Gasteiger partial charge in [-0.25, -0.2) is 4.79 Å². The van der Waals surface area contributed by atoms with Gasteiger partial charge in [0.05, 0.1) is 12.7 Å². The van der Waals surface area contributed by atoms with E-state index >= 15 is 0 Å². The molecule has 1 aromatic rings. The normalized spacial score (nSPS) is 35.6. The number of aromatic carboxylic acids is 1. The minimum absolute atomic E-state index is 0.162. The van der Waals surface area contributed by atoms with E-state index in [-0.39, 0.29) is 5.41 Å². The smallest absolute Gasteiger partial charge is 0.335 e. The summed E-state index contributed by atoms with van der Waals surface area (Å²) < 4.78 is 5.66. The highest BCUT2D eigenvalue weighted by atomic mass is 16.5. The highest BCUT2D eigenvalue weighted by molar-refractivity contribution is 5.90. The Labute approximate surface area is 131 Å². The third-order valence-electron chi connectivity index (χ3n) is 6.45. The van der Waals surface area contributed by atoms with Gasteiger partial charge in [-0.1, -0.05) is 0 Å². The van der Waals surface area contributed by atoms with Gasteiger partial charge in [-0.05, 0) is 80.9 Å². The van der Waals surface area contributed by atoms with Crippen LogP contribution in [0.2, 0.25) is 0 Å². The maximum atomic E-state index is 11.6. The summed E-state index contributed by atoms with van der Waals surface area (Å²) in [5.41, 5.74) is 2.73. The van der Waals surface area contributed by atoms with Gasteiger partial charge in [-0.15, -0.1) is 0 Å². The van der Waals surface area contributed by atoms with Crippen LogP contribution in [-0.2, 0) is 5.41 Å². The molecule has 0 aliphatic heterocycles. The van der Waals surface area contributed by atoms with E-state index in [2.05, 4.69) is 0 Å². The number of hydrogen-bond acceptors (Lipinski definition) is 2. The lowest BCUT2D eigenvalue weighted by atomic mass is 9.47. The molecule has 0 atom stereocenters. The van der Waals surface area contributed by atoms with Gasteiger partial charge in [0.1, 0.15) is 5.75 Å². The Bertz CT molecular complexity index is 597. The molecule has 5 rings (SSSR count). The van der Waals surface area contributed by atoms with Gasteiger partial charge in [0, 0.05) is 11.0 Å². The Morgan fingerprint density at radius 2 is 1.68 bits per heavy atom. The summed E-state index contributed by atoms with van der Waals surface area (Å²) in [6.45, 7) is 1.97. The van der Waals surface area contributed by atoms with Gasteiger partial charge in [-0.3, -0.25) is 0 Å². The Hall–Kier alpha value is -1.51. The quantitative estimate of drug-likeness (QED) is 0.911. The second-order valence-electron chi connectivity index (χ2n) is 7.82. The van der Waals surface area contributed by atoms with E-state index < -0.39 is 5.97 Å². The van der Waals surface area contributed by atoms with Crippen LogP contribution in [0, 0.1) is 24.7 Å². The first-order valence-corrected chi connectivity index (χ1v) is 8.44. The Morgan fingerprint density at radius 1 is 1.14 bits per heavy atom. The summed E-state index contributed by atoms with van der Waals surface area (Å²) >= 11 is 0. The van der Waals surface area contributed by atoms with Crippen LogP contribution in [-0.4, -0.2) is 18.2 Å². The highest BCUT2D eigenvalue weighted by Gasteiger charge is 2.53. The lowest BCUT2D eigenvalue weighted by Crippen LogP contribution is -2.49. The molecule has 0 spiro atoms. The molecule has 4 bridgehead atoms. The van der Waals surface area contributed by atoms with E-state index in [0.717, 1.165) is 29.1 Å². The average molecular weight is 300 g/mol. The zero-order chi connectivity index (χ0) is 15.5. The van der Waals surface area contributed by atoms with Crippen LogP contribution < -0.4 is 4.74 Å². The van der Waals surface area contributed by atoms with Crippen LogP contribution in [0.5, 0.6) is 5.75 Å². The Kier molecular flexibility index (Phi) is 3.04. The van der Waals surface area contributed by atoms with E-state index in [1.165, 1.54) is 44.1 Å². The Morgan fingerprint density at radius 3 is 2.14 bits per heavy atom. The summed E-state index contributed by atoms with van der Waals surface area (Å²) in [6.07, 6.45) is 7.83. The lowest BCUT2D eigenvalue weighted by molar-refractivity contribution is -0.00647. The van der Waals surface area contributed by atoms with E-state index in [9.17, 15) is 9.90 Å². The van der Waals surface area contributed by atoms with Crippen molar-refractivity contribution in [3.63, 3.8) is 0 Å². The summed E-state index contributed by atoms with van der Waals surface area (Å²) in [5, 5.41) is 9.49. The van der Waals surface area contributed by atoms with E-state index in [1.807, 2.05) is 13.0 Å². The molecule has 22 heavy (non-hydrogen) atoms. The van der Waals surface area contributed by atoms with Crippen molar-refractivity contribution in [2.75, 3.05) is 7.11 Å². The average Bonchev–Trinajstić information content (AvgIpc) is 2.44. The molecule has 0 radical (unpaired) electrons. The molecular formula is C19H24O3. The fourth-order valence-electron chi connectivity index (χ4n) is 6.16. The molecule has 4 fully saturated rings. The van der Waals surface area contributed by atoms with E-state index in [4.69, 9.17) is 4.74 Å². The topological polar surface area (TPSA) is 46.5 Å². The SMILES string of the molecule is COc1ccc(C(=O)O)c(C)c1C12CC3CC(CC(C3)C1)C2. The molecule has 0 amide bonds. The Balaban J connectivity index is 1.88. The van der Waals surface area contributed by atoms with Gasteiger partial charge < -0.3 is 9.84 Å². The number of carboxylic acids is 1. The molecular weight excluding hydrogens is 276 g/mol. The van der Waals surface area contributed by atoms with Crippen LogP contribution in [0.1, 0.15) is 60.0 Å². The van der Waals surface area contributed by atoms with E-state index in [1.54, 1.807) is 13.2 Å². The molecule has 1 aromatic carbocycles. The van der Waals surface area contributed by atoms with Crippen molar-refractivity contribution >= 4 is 5.97 Å². The molecule has 4 saturated carbocycles. The summed E-state index contributed by atoms with van der Waals surface area (Å²) in [6, 6.07) is 3.56. The minimum atomic E-state index is -0.828. The zero-order valence-corrected chi connectivity index (χ0v) is 13.4. The molecule has 0 saturated heterocycles. The summed E-state index contributed by atoms with van der Waals surface area (Å²) in [7, 11) is 1.71. The molecule has 3 nitrogen and oxygen atoms in total. The lowest BCUT2D eigenvalue weighted by Gasteiger charge is -2.57. The van der Waals surface area contributed by atoms with Gasteiger partial charge in [0.2, 0.25) is 0 Å². The standard InChI is InChI=1S/C19H24O3/c1-11-15(18(20)21)3-4-16(22-2)17(11)19-8-12-5-13(9-19)7-14(6-12)10-19/h3-4,12-14H,5-10H2,1-2H3,(H,20,21). The maximum absolute atomic E-state index is 11.6. The van der Waals surface area contributed by atoms with Gasteiger partial charge >= 0.3 is 5.97 Å². The number of carbonyl (C=O) groups is 1. The third kappa shape index (κ3) is 1.90. The summed E-state index contributed by atoms with van der Waals surface area (Å²) in [4.78, 5) is 11.6. The van der Waals surface area contributed by atoms with Crippen LogP contribution in [0.3, 0.4) is 0 Å². The maximum Gasteiger partial charge on any atom is 0.335 e. The van der Waals surface area contributed by atoms with Crippen LogP contribution in [0.4, 0.5) is 0 Å². The van der Waals surface area contributed by atoms with Gasteiger partial charge in [0.15, 0.2) is 0 Å². The van der Waals surface area contributed by atoms with Crippen molar-refractivity contribution in [3.8, 4) is 5.75 Å². The second-order valence-corrected chi connectivity index (χ2v) is 7.82. The molecule has 118 valence electrons. The molecule has 4 aliphatic rings. The highest BCUT2D eigenvalue weighted by Crippen LogP contribution is 2.62. The molecule has 1 N–H and O–H groups in total. The second kappa shape index (κ2) is 4.74. The number of benzene rings is 1. The predicted molar refractivity (Wildman–Crippen MR) is 84.5 cm³/mol. The third-order valence-corrected chi connectivity index (χ3v) is 6.45. The van der Waals surface area contributed by atoms with Gasteiger partial charge in [-0.2, -0.15) is 0 Å². The molecule has 3 heteroatoms. The van der Waals surface area contributed by atoms with Gasteiger partial charge in [0.25, 0.3) is 0 Å². The van der Waals surface area contributed by atoms with Crippen molar-refractivity contribution in [1.82, 2.24) is 0 Å². The summed E-state index contributed by atoms with van der Waals surface area (Å²) in [5.74, 6) is 2.58. The van der Waals surface area contributed by atoms with Crippen LogP contribution in [0.15, 0.2) is 12.1 Å². The van der Waals surface area contributed by atoms with Crippen molar-refractivity contribution in [1.29, 1.82) is 0 Å². The van der Waals surface area contributed by atoms with Crippen molar-refractivity contribution < 1.29 is 14.6 Å². The first-order chi connectivity index (χ1) is 10.5. The number of carboxylic acid groups (broad SMARTS) is 1. The number of hydrogen-bond donors (Lipinski definition) is 1. The predicted octanol–water partition coefficient (Wildman–Crippen LogP) is 4.17. The van der Waals surface area contributed by atoms with Crippen molar-refractivity contribution in [3.05, 3.63) is 28.8 Å². The molecule has 0 unspecified atom stereocenters. The minimum Gasteiger partial charge on any atom is -0.496 e. The first-order valence-electron chi connectivity index (χ1n) is 8.44. The van der Waals surface area contributed by atoms with Crippen molar-refractivity contribution in [2.45, 2.75) is 50.9 Å². The molecule has 4 aliphatic carbocycles. The van der Waals surface area contributed by atoms with Crippen molar-refractivity contribution in [2.24, 2.45) is 17.8 Å². The monoisotopic (exact) mass is 300 g/mol. The number of rotatable bonds is 3. The molecule has 0 aromatic heterocycles. The number of ether oxygens (including phenoxy) is 1. The number of methoxy groups -OCH3 is 1. The molecule has 0 heterocycles. The van der Waals surface area contributed by atoms with E-state index in [0.29, 0.717) is 5.56 Å². The fraction of sp³-hybridized carbons (Fsp3) is 0.632. The van der Waals surface area contributed by atoms with Crippen LogP contribution >= 0.6 is 0 Å².